The molecule has 5 nitrogen and oxygen atoms in total. The molecule has 0 aromatic rings. The van der Waals surface area contributed by atoms with Crippen molar-refractivity contribution in [3.8, 4) is 0 Å². The third kappa shape index (κ3) is 2.97. The zero-order chi connectivity index (χ0) is 12.9. The molecule has 0 aromatic carbocycles. The molecule has 5 heteroatoms. The van der Waals surface area contributed by atoms with Gasteiger partial charge >= 0.3 is 5.97 Å². The predicted octanol–water partition coefficient (Wildman–Crippen LogP) is 0.408. The molecular weight excluding hydrogens is 220 g/mol. The molecule has 1 rings (SSSR count). The average molecular weight is 244 g/mol. The minimum Gasteiger partial charge on any atom is -0.480 e. The minimum atomic E-state index is -0.902. The van der Waals surface area contributed by atoms with Crippen LogP contribution < -0.4 is 5.32 Å². The first-order chi connectivity index (χ1) is 8.05. The number of nitrogens with one attached hydrogen (secondary N) is 1. The van der Waals surface area contributed by atoms with Crippen molar-refractivity contribution in [1.29, 1.82) is 0 Å². The van der Waals surface area contributed by atoms with E-state index < -0.39 is 11.5 Å². The van der Waals surface area contributed by atoms with Gasteiger partial charge in [-0.2, -0.15) is 0 Å². The molecule has 1 saturated heterocycles. The number of hydrogen-bond acceptors (Lipinski definition) is 4. The van der Waals surface area contributed by atoms with E-state index in [1.807, 2.05) is 13.8 Å². The highest BCUT2D eigenvalue weighted by atomic mass is 16.5. The van der Waals surface area contributed by atoms with Crippen molar-refractivity contribution in [2.75, 3.05) is 39.9 Å². The fraction of sp³-hybridized carbons (Fsp3) is 0.917. The summed E-state index contributed by atoms with van der Waals surface area (Å²) in [5.41, 5.74) is -0.902. The summed E-state index contributed by atoms with van der Waals surface area (Å²) in [4.78, 5) is 13.8. The second-order valence-electron chi connectivity index (χ2n) is 4.91. The van der Waals surface area contributed by atoms with E-state index in [4.69, 9.17) is 4.74 Å². The number of hydrogen-bond donors (Lipinski definition) is 2. The Balaban J connectivity index is 2.96. The van der Waals surface area contributed by atoms with E-state index >= 15 is 0 Å². The van der Waals surface area contributed by atoms with E-state index in [9.17, 15) is 9.90 Å². The maximum Gasteiger partial charge on any atom is 0.326 e. The van der Waals surface area contributed by atoms with Gasteiger partial charge in [-0.25, -0.2) is 0 Å². The Morgan fingerprint density at radius 3 is 2.71 bits per heavy atom. The van der Waals surface area contributed by atoms with Crippen LogP contribution in [0.5, 0.6) is 0 Å². The topological polar surface area (TPSA) is 61.8 Å². The van der Waals surface area contributed by atoms with Crippen LogP contribution in [-0.2, 0) is 9.53 Å². The summed E-state index contributed by atoms with van der Waals surface area (Å²) in [6.07, 6.45) is 0.978. The lowest BCUT2D eigenvalue weighted by molar-refractivity contribution is -0.160. The molecule has 100 valence electrons. The van der Waals surface area contributed by atoms with Gasteiger partial charge in [0, 0.05) is 26.7 Å². The summed E-state index contributed by atoms with van der Waals surface area (Å²) >= 11 is 0. The van der Waals surface area contributed by atoms with E-state index in [-0.39, 0.29) is 12.5 Å². The third-order valence-electron chi connectivity index (χ3n) is 3.59. The van der Waals surface area contributed by atoms with Gasteiger partial charge in [-0.15, -0.1) is 0 Å². The summed E-state index contributed by atoms with van der Waals surface area (Å²) in [6, 6.07) is 0. The van der Waals surface area contributed by atoms with Crippen LogP contribution in [0.1, 0.15) is 20.3 Å². The second-order valence-corrected chi connectivity index (χ2v) is 4.91. The average Bonchev–Trinajstić information content (AvgIpc) is 2.53. The summed E-state index contributed by atoms with van der Waals surface area (Å²) in [6.45, 7) is 7.49. The summed E-state index contributed by atoms with van der Waals surface area (Å²) < 4.78 is 5.18. The first-order valence-corrected chi connectivity index (χ1v) is 6.23. The zero-order valence-electron chi connectivity index (χ0n) is 11.0. The van der Waals surface area contributed by atoms with Crippen molar-refractivity contribution in [3.05, 3.63) is 0 Å². The van der Waals surface area contributed by atoms with Gasteiger partial charge in [0.1, 0.15) is 5.54 Å². The molecule has 1 aliphatic rings. The second kappa shape index (κ2) is 6.33. The Kier molecular flexibility index (Phi) is 5.36. The van der Waals surface area contributed by atoms with Gasteiger partial charge < -0.3 is 15.2 Å². The number of nitrogens with zero attached hydrogens (tertiary/aromatic N) is 1. The molecule has 1 atom stereocenters. The van der Waals surface area contributed by atoms with Crippen molar-refractivity contribution >= 4 is 5.97 Å². The Hall–Kier alpha value is -0.650. The summed E-state index contributed by atoms with van der Waals surface area (Å²) in [5, 5.41) is 12.9. The van der Waals surface area contributed by atoms with Crippen LogP contribution in [0.2, 0.25) is 0 Å². The molecule has 17 heavy (non-hydrogen) atoms. The lowest BCUT2D eigenvalue weighted by Crippen LogP contribution is -2.62. The van der Waals surface area contributed by atoms with E-state index in [1.165, 1.54) is 0 Å². The van der Waals surface area contributed by atoms with Gasteiger partial charge in [0.2, 0.25) is 0 Å². The number of rotatable bonds is 5. The van der Waals surface area contributed by atoms with Crippen LogP contribution in [0.25, 0.3) is 0 Å². The highest BCUT2D eigenvalue weighted by molar-refractivity contribution is 5.79. The summed E-state index contributed by atoms with van der Waals surface area (Å²) in [7, 11) is 1.57. The van der Waals surface area contributed by atoms with Gasteiger partial charge in [-0.3, -0.25) is 9.69 Å². The SMILES string of the molecule is COCC(C(=O)O)(C(C)C)N1CCCNCC1. The zero-order valence-corrected chi connectivity index (χ0v) is 11.0. The van der Waals surface area contributed by atoms with Crippen LogP contribution in [0.15, 0.2) is 0 Å². The number of ether oxygens (including phenoxy) is 1. The molecule has 0 saturated carbocycles. The fourth-order valence-electron chi connectivity index (χ4n) is 2.53. The lowest BCUT2D eigenvalue weighted by atomic mass is 9.85. The number of methoxy groups -OCH3 is 1. The molecule has 1 aliphatic heterocycles. The highest BCUT2D eigenvalue weighted by Gasteiger charge is 2.47. The molecule has 0 bridgehead atoms. The molecule has 0 aromatic heterocycles. The molecule has 0 radical (unpaired) electrons. The van der Waals surface area contributed by atoms with Crippen molar-refractivity contribution in [2.45, 2.75) is 25.8 Å². The Labute approximate surface area is 103 Å². The summed E-state index contributed by atoms with van der Waals surface area (Å²) in [5.74, 6) is -0.769. The number of carbonyl (C=O) groups is 1. The first kappa shape index (κ1) is 14.4. The Bertz CT molecular complexity index is 250. The van der Waals surface area contributed by atoms with Crippen LogP contribution in [0, 0.1) is 5.92 Å². The number of carboxylic acid groups (broad SMARTS) is 1. The van der Waals surface area contributed by atoms with Gasteiger partial charge in [0.05, 0.1) is 6.61 Å². The predicted molar refractivity (Wildman–Crippen MR) is 66.1 cm³/mol. The minimum absolute atomic E-state index is 0.0121. The maximum atomic E-state index is 11.7. The van der Waals surface area contributed by atoms with Crippen molar-refractivity contribution in [2.24, 2.45) is 5.92 Å². The van der Waals surface area contributed by atoms with E-state index in [0.29, 0.717) is 0 Å². The Morgan fingerprint density at radius 1 is 1.47 bits per heavy atom. The van der Waals surface area contributed by atoms with Crippen molar-refractivity contribution in [3.63, 3.8) is 0 Å². The standard InChI is InChI=1S/C12H24N2O3/c1-10(2)12(9-17-3,11(15)16)14-7-4-5-13-6-8-14/h10,13H,4-9H2,1-3H3,(H,15,16). The molecule has 1 fully saturated rings. The van der Waals surface area contributed by atoms with E-state index in [1.54, 1.807) is 7.11 Å². The molecule has 0 spiro atoms. The van der Waals surface area contributed by atoms with E-state index in [0.717, 1.165) is 32.6 Å². The largest absolute Gasteiger partial charge is 0.480 e. The molecular formula is C12H24N2O3. The molecule has 1 heterocycles. The van der Waals surface area contributed by atoms with Crippen molar-refractivity contribution < 1.29 is 14.6 Å². The Morgan fingerprint density at radius 2 is 2.18 bits per heavy atom. The first-order valence-electron chi connectivity index (χ1n) is 6.23. The molecule has 0 aliphatic carbocycles. The highest BCUT2D eigenvalue weighted by Crippen LogP contribution is 2.27. The van der Waals surface area contributed by atoms with Gasteiger partial charge in [0.15, 0.2) is 0 Å². The molecule has 2 N–H and O–H groups in total. The van der Waals surface area contributed by atoms with Crippen LogP contribution in [0.4, 0.5) is 0 Å². The van der Waals surface area contributed by atoms with E-state index in [2.05, 4.69) is 10.2 Å². The molecule has 1 unspecified atom stereocenters. The van der Waals surface area contributed by atoms with Crippen molar-refractivity contribution in [1.82, 2.24) is 10.2 Å². The fourth-order valence-corrected chi connectivity index (χ4v) is 2.53. The molecule has 0 amide bonds. The third-order valence-corrected chi connectivity index (χ3v) is 3.59. The van der Waals surface area contributed by atoms with Crippen LogP contribution in [0.3, 0.4) is 0 Å². The van der Waals surface area contributed by atoms with Crippen LogP contribution >= 0.6 is 0 Å². The monoisotopic (exact) mass is 244 g/mol. The smallest absolute Gasteiger partial charge is 0.326 e. The number of aliphatic carboxylic acids is 1. The lowest BCUT2D eigenvalue weighted by Gasteiger charge is -2.42. The maximum absolute atomic E-state index is 11.7. The van der Waals surface area contributed by atoms with Gasteiger partial charge in [-0.1, -0.05) is 13.8 Å². The number of carboxylic acids is 1. The van der Waals surface area contributed by atoms with Gasteiger partial charge in [-0.05, 0) is 18.9 Å². The van der Waals surface area contributed by atoms with Crippen LogP contribution in [-0.4, -0.2) is 61.4 Å². The normalized spacial score (nSPS) is 22.1. The quantitative estimate of drug-likeness (QED) is 0.733. The van der Waals surface area contributed by atoms with Gasteiger partial charge in [0.25, 0.3) is 0 Å².